The zero-order valence-electron chi connectivity index (χ0n) is 8.71. The highest BCUT2D eigenvalue weighted by Crippen LogP contribution is 2.21. The average Bonchev–Trinajstić information content (AvgIpc) is 2.71. The van der Waals surface area contributed by atoms with E-state index in [4.69, 9.17) is 16.0 Å². The van der Waals surface area contributed by atoms with Gasteiger partial charge in [-0.3, -0.25) is 4.79 Å². The summed E-state index contributed by atoms with van der Waals surface area (Å²) in [5.74, 6) is -2.51. The fraction of sp³-hybridized carbons (Fsp3) is 0.300. The van der Waals surface area contributed by atoms with Crippen molar-refractivity contribution in [2.45, 2.75) is 11.5 Å². The topological polar surface area (TPSA) is 42.2 Å². The molecule has 0 aromatic carbocycles. The van der Waals surface area contributed by atoms with Crippen LogP contribution in [-0.2, 0) is 5.75 Å². The fourth-order valence-corrected chi connectivity index (χ4v) is 1.50. The van der Waals surface area contributed by atoms with Crippen LogP contribution in [-0.4, -0.2) is 18.2 Å². The number of furan rings is 1. The van der Waals surface area contributed by atoms with Crippen LogP contribution in [0.4, 0.5) is 8.78 Å². The summed E-state index contributed by atoms with van der Waals surface area (Å²) in [5, 5.41) is 2.75. The quantitative estimate of drug-likeness (QED) is 0.870. The molecule has 7 heteroatoms. The molecule has 0 saturated heterocycles. The number of halogens is 3. The molecule has 1 rings (SSSR count). The minimum atomic E-state index is -2.46. The molecule has 0 bridgehead atoms. The van der Waals surface area contributed by atoms with E-state index in [1.807, 2.05) is 0 Å². The highest BCUT2D eigenvalue weighted by Gasteiger charge is 2.12. The van der Waals surface area contributed by atoms with Gasteiger partial charge in [-0.2, -0.15) is 8.78 Å². The maximum absolute atomic E-state index is 11.9. The number of thioether (sulfide) groups is 1. The van der Waals surface area contributed by atoms with Crippen LogP contribution in [0.15, 0.2) is 28.2 Å². The van der Waals surface area contributed by atoms with Crippen LogP contribution in [0.1, 0.15) is 16.3 Å². The zero-order chi connectivity index (χ0) is 12.8. The largest absolute Gasteiger partial charge is 0.455 e. The SMILES string of the molecule is C=C(Cl)CNC(=O)c1ccc(CSC(F)F)o1. The fourth-order valence-electron chi connectivity index (χ4n) is 0.986. The molecule has 0 spiro atoms. The molecule has 0 fully saturated rings. The number of hydrogen-bond donors (Lipinski definition) is 1. The van der Waals surface area contributed by atoms with Gasteiger partial charge in [-0.25, -0.2) is 0 Å². The zero-order valence-corrected chi connectivity index (χ0v) is 10.3. The van der Waals surface area contributed by atoms with Crippen LogP contribution < -0.4 is 5.32 Å². The molecule has 3 nitrogen and oxygen atoms in total. The molecule has 0 saturated carbocycles. The molecular formula is C10H10ClF2NO2S. The van der Waals surface area contributed by atoms with Crippen molar-refractivity contribution in [3.63, 3.8) is 0 Å². The lowest BCUT2D eigenvalue weighted by molar-refractivity contribution is 0.0928. The third-order valence-electron chi connectivity index (χ3n) is 1.68. The number of nitrogens with one attached hydrogen (secondary N) is 1. The van der Waals surface area contributed by atoms with Gasteiger partial charge in [-0.05, 0) is 12.1 Å². The van der Waals surface area contributed by atoms with Crippen LogP contribution in [0.5, 0.6) is 0 Å². The van der Waals surface area contributed by atoms with E-state index in [0.29, 0.717) is 22.6 Å². The van der Waals surface area contributed by atoms with Crippen molar-refractivity contribution in [1.82, 2.24) is 5.32 Å². The lowest BCUT2D eigenvalue weighted by Gasteiger charge is -2.00. The Hall–Kier alpha value is -1.01. The van der Waals surface area contributed by atoms with Gasteiger partial charge in [0.2, 0.25) is 0 Å². The smallest absolute Gasteiger partial charge is 0.287 e. The second kappa shape index (κ2) is 6.66. The van der Waals surface area contributed by atoms with E-state index in [2.05, 4.69) is 11.9 Å². The van der Waals surface area contributed by atoms with Crippen molar-refractivity contribution in [2.75, 3.05) is 6.54 Å². The number of amides is 1. The monoisotopic (exact) mass is 281 g/mol. The Morgan fingerprint density at radius 1 is 1.59 bits per heavy atom. The summed E-state index contributed by atoms with van der Waals surface area (Å²) in [4.78, 5) is 11.4. The van der Waals surface area contributed by atoms with Crippen molar-refractivity contribution in [2.24, 2.45) is 0 Å². The Morgan fingerprint density at radius 3 is 2.88 bits per heavy atom. The molecule has 0 radical (unpaired) electrons. The summed E-state index contributed by atoms with van der Waals surface area (Å²) in [6.45, 7) is 3.54. The Bertz CT molecular complexity index is 409. The molecule has 0 atom stereocenters. The highest BCUT2D eigenvalue weighted by atomic mass is 35.5. The Morgan fingerprint density at radius 2 is 2.29 bits per heavy atom. The molecule has 94 valence electrons. The van der Waals surface area contributed by atoms with E-state index in [1.165, 1.54) is 12.1 Å². The van der Waals surface area contributed by atoms with Crippen LogP contribution in [0.3, 0.4) is 0 Å². The number of rotatable bonds is 6. The van der Waals surface area contributed by atoms with Crippen LogP contribution in [0, 0.1) is 0 Å². The number of hydrogen-bond acceptors (Lipinski definition) is 3. The minimum absolute atomic E-state index is 0.0210. The van der Waals surface area contributed by atoms with Gasteiger partial charge in [-0.1, -0.05) is 29.9 Å². The summed E-state index contributed by atoms with van der Waals surface area (Å²) < 4.78 is 28.9. The van der Waals surface area contributed by atoms with Crippen molar-refractivity contribution < 1.29 is 18.0 Å². The molecule has 1 N–H and O–H groups in total. The molecule has 1 amide bonds. The van der Waals surface area contributed by atoms with E-state index in [-0.39, 0.29) is 18.1 Å². The Kier molecular flexibility index (Phi) is 5.50. The number of carbonyl (C=O) groups excluding carboxylic acids is 1. The summed E-state index contributed by atoms with van der Waals surface area (Å²) in [6, 6.07) is 2.91. The van der Waals surface area contributed by atoms with Gasteiger partial charge in [0.05, 0.1) is 12.3 Å². The molecular weight excluding hydrogens is 272 g/mol. The van der Waals surface area contributed by atoms with Gasteiger partial charge in [-0.15, -0.1) is 0 Å². The molecule has 1 aromatic heterocycles. The molecule has 0 aliphatic carbocycles. The first-order chi connectivity index (χ1) is 7.99. The number of alkyl halides is 2. The first-order valence-electron chi connectivity index (χ1n) is 4.59. The van der Waals surface area contributed by atoms with E-state index in [9.17, 15) is 13.6 Å². The first-order valence-corrected chi connectivity index (χ1v) is 6.01. The van der Waals surface area contributed by atoms with Gasteiger partial charge < -0.3 is 9.73 Å². The Balaban J connectivity index is 2.49. The third-order valence-corrected chi connectivity index (χ3v) is 2.51. The van der Waals surface area contributed by atoms with Crippen molar-refractivity contribution >= 4 is 29.3 Å². The van der Waals surface area contributed by atoms with Crippen molar-refractivity contribution in [3.8, 4) is 0 Å². The standard InChI is InChI=1S/C10H10ClF2NO2S/c1-6(11)4-14-9(15)8-3-2-7(16-8)5-17-10(12)13/h2-3,10H,1,4-5H2,(H,14,15). The normalized spacial score (nSPS) is 10.6. The van der Waals surface area contributed by atoms with E-state index in [1.54, 1.807) is 0 Å². The van der Waals surface area contributed by atoms with Crippen LogP contribution in [0.25, 0.3) is 0 Å². The third kappa shape index (κ3) is 5.23. The minimum Gasteiger partial charge on any atom is -0.455 e. The van der Waals surface area contributed by atoms with Gasteiger partial charge in [0.1, 0.15) is 5.76 Å². The van der Waals surface area contributed by atoms with Crippen LogP contribution >= 0.6 is 23.4 Å². The molecule has 0 aliphatic rings. The van der Waals surface area contributed by atoms with Gasteiger partial charge in [0, 0.05) is 5.03 Å². The van der Waals surface area contributed by atoms with E-state index < -0.39 is 11.7 Å². The molecule has 0 unspecified atom stereocenters. The van der Waals surface area contributed by atoms with E-state index >= 15 is 0 Å². The van der Waals surface area contributed by atoms with Gasteiger partial charge in [0.25, 0.3) is 11.7 Å². The second-order valence-electron chi connectivity index (χ2n) is 3.04. The Labute approximate surface area is 106 Å². The lowest BCUT2D eigenvalue weighted by atomic mass is 10.4. The predicted molar refractivity (Wildman–Crippen MR) is 63.3 cm³/mol. The highest BCUT2D eigenvalue weighted by molar-refractivity contribution is 7.98. The molecule has 1 heterocycles. The summed E-state index contributed by atoms with van der Waals surface area (Å²) in [7, 11) is 0. The summed E-state index contributed by atoms with van der Waals surface area (Å²) in [5.41, 5.74) is 0. The summed E-state index contributed by atoms with van der Waals surface area (Å²) in [6.07, 6.45) is 0. The van der Waals surface area contributed by atoms with E-state index in [0.717, 1.165) is 0 Å². The molecule has 17 heavy (non-hydrogen) atoms. The first kappa shape index (κ1) is 14.1. The van der Waals surface area contributed by atoms with Crippen molar-refractivity contribution in [1.29, 1.82) is 0 Å². The van der Waals surface area contributed by atoms with Crippen molar-refractivity contribution in [3.05, 3.63) is 35.3 Å². The lowest BCUT2D eigenvalue weighted by Crippen LogP contribution is -2.23. The van der Waals surface area contributed by atoms with Gasteiger partial charge >= 0.3 is 0 Å². The number of carbonyl (C=O) groups is 1. The maximum Gasteiger partial charge on any atom is 0.287 e. The van der Waals surface area contributed by atoms with Gasteiger partial charge in [0.15, 0.2) is 5.76 Å². The van der Waals surface area contributed by atoms with Crippen LogP contribution in [0.2, 0.25) is 0 Å². The summed E-state index contributed by atoms with van der Waals surface area (Å²) >= 11 is 5.91. The second-order valence-corrected chi connectivity index (χ2v) is 4.55. The molecule has 1 aromatic rings. The predicted octanol–water partition coefficient (Wildman–Crippen LogP) is 3.22. The average molecular weight is 282 g/mol. The maximum atomic E-state index is 11.9. The molecule has 0 aliphatic heterocycles.